The summed E-state index contributed by atoms with van der Waals surface area (Å²) < 4.78 is 0. The Labute approximate surface area is 88.1 Å². The molecule has 0 unspecified atom stereocenters. The maximum absolute atomic E-state index is 10.3. The lowest BCUT2D eigenvalue weighted by atomic mass is 9.84. The van der Waals surface area contributed by atoms with E-state index in [1.54, 1.807) is 0 Å². The van der Waals surface area contributed by atoms with Gasteiger partial charge in [-0.15, -0.1) is 0 Å². The lowest BCUT2D eigenvalue weighted by Gasteiger charge is -2.36. The number of β-amino-alcohol motifs (C(OH)–C–C–N with tert-alkyl or cyclic N) is 1. The third kappa shape index (κ3) is 3.58. The van der Waals surface area contributed by atoms with Gasteiger partial charge in [0.05, 0.1) is 5.60 Å². The van der Waals surface area contributed by atoms with E-state index in [-0.39, 0.29) is 5.54 Å². The Bertz CT molecular complexity index is 171. The molecule has 14 heavy (non-hydrogen) atoms. The van der Waals surface area contributed by atoms with E-state index in [0.717, 1.165) is 25.8 Å². The number of aliphatic hydroxyl groups is 1. The Hall–Kier alpha value is -0.0800. The fourth-order valence-corrected chi connectivity index (χ4v) is 1.92. The van der Waals surface area contributed by atoms with Crippen molar-refractivity contribution < 1.29 is 5.11 Å². The molecule has 2 nitrogen and oxygen atoms in total. The van der Waals surface area contributed by atoms with Crippen LogP contribution < -0.4 is 5.32 Å². The fraction of sp³-hybridized carbons (Fsp3) is 1.00. The second-order valence-electron chi connectivity index (χ2n) is 5.38. The Morgan fingerprint density at radius 1 is 1.21 bits per heavy atom. The molecule has 1 saturated carbocycles. The zero-order valence-corrected chi connectivity index (χ0v) is 9.90. The molecule has 0 amide bonds. The van der Waals surface area contributed by atoms with Crippen molar-refractivity contribution in [3.63, 3.8) is 0 Å². The molecule has 0 aromatic carbocycles. The summed E-state index contributed by atoms with van der Waals surface area (Å²) in [6, 6.07) is 0. The summed E-state index contributed by atoms with van der Waals surface area (Å²) in [4.78, 5) is 0. The van der Waals surface area contributed by atoms with Crippen LogP contribution in [0.3, 0.4) is 0 Å². The van der Waals surface area contributed by atoms with Crippen LogP contribution in [0.4, 0.5) is 0 Å². The molecule has 0 saturated heterocycles. The van der Waals surface area contributed by atoms with Crippen LogP contribution in [-0.2, 0) is 0 Å². The van der Waals surface area contributed by atoms with E-state index in [4.69, 9.17) is 0 Å². The van der Waals surface area contributed by atoms with E-state index in [1.165, 1.54) is 19.3 Å². The molecule has 1 rings (SSSR count). The van der Waals surface area contributed by atoms with Gasteiger partial charge in [0, 0.05) is 12.1 Å². The van der Waals surface area contributed by atoms with Gasteiger partial charge in [-0.25, -0.2) is 0 Å². The maximum Gasteiger partial charge on any atom is 0.0771 e. The van der Waals surface area contributed by atoms with Crippen molar-refractivity contribution in [2.24, 2.45) is 0 Å². The second kappa shape index (κ2) is 4.63. The van der Waals surface area contributed by atoms with Crippen LogP contribution in [0.2, 0.25) is 0 Å². The molecule has 0 aliphatic heterocycles. The Balaban J connectivity index is 2.35. The van der Waals surface area contributed by atoms with Crippen molar-refractivity contribution in [2.45, 2.75) is 70.4 Å². The monoisotopic (exact) mass is 199 g/mol. The van der Waals surface area contributed by atoms with Gasteiger partial charge < -0.3 is 10.4 Å². The molecule has 0 spiro atoms. The molecule has 0 aromatic rings. The van der Waals surface area contributed by atoms with Crippen molar-refractivity contribution in [3.8, 4) is 0 Å². The number of hydrogen-bond donors (Lipinski definition) is 2. The maximum atomic E-state index is 10.3. The van der Waals surface area contributed by atoms with Crippen molar-refractivity contribution in [2.75, 3.05) is 6.54 Å². The minimum absolute atomic E-state index is 0.160. The topological polar surface area (TPSA) is 32.3 Å². The largest absolute Gasteiger partial charge is 0.389 e. The molecular weight excluding hydrogens is 174 g/mol. The summed E-state index contributed by atoms with van der Waals surface area (Å²) in [5, 5.41) is 13.7. The summed E-state index contributed by atoms with van der Waals surface area (Å²) in [6.45, 7) is 7.32. The van der Waals surface area contributed by atoms with E-state index in [1.807, 2.05) is 0 Å². The van der Waals surface area contributed by atoms with Gasteiger partial charge in [0.2, 0.25) is 0 Å². The SMILES string of the molecule is CCC(C)(C)NCC1(O)CCCCC1. The minimum Gasteiger partial charge on any atom is -0.389 e. The van der Waals surface area contributed by atoms with Crippen LogP contribution in [0.5, 0.6) is 0 Å². The summed E-state index contributed by atoms with van der Waals surface area (Å²) in [6.07, 6.45) is 6.71. The molecule has 1 aliphatic rings. The number of rotatable bonds is 4. The highest BCUT2D eigenvalue weighted by molar-refractivity contribution is 4.87. The predicted molar refractivity (Wildman–Crippen MR) is 60.4 cm³/mol. The van der Waals surface area contributed by atoms with Crippen LogP contribution in [0, 0.1) is 0 Å². The normalized spacial score (nSPS) is 22.3. The average molecular weight is 199 g/mol. The van der Waals surface area contributed by atoms with Crippen molar-refractivity contribution in [1.29, 1.82) is 0 Å². The Morgan fingerprint density at radius 3 is 2.29 bits per heavy atom. The molecule has 84 valence electrons. The van der Waals surface area contributed by atoms with Gasteiger partial charge in [-0.3, -0.25) is 0 Å². The summed E-state index contributed by atoms with van der Waals surface area (Å²) in [5.74, 6) is 0. The highest BCUT2D eigenvalue weighted by Crippen LogP contribution is 2.27. The van der Waals surface area contributed by atoms with E-state index >= 15 is 0 Å². The minimum atomic E-state index is -0.426. The zero-order valence-electron chi connectivity index (χ0n) is 9.90. The lowest BCUT2D eigenvalue weighted by molar-refractivity contribution is -0.000815. The highest BCUT2D eigenvalue weighted by Gasteiger charge is 2.30. The molecule has 0 aromatic heterocycles. The van der Waals surface area contributed by atoms with Crippen LogP contribution in [-0.4, -0.2) is 22.8 Å². The predicted octanol–water partition coefficient (Wildman–Crippen LogP) is 2.46. The zero-order chi connectivity index (χ0) is 10.7. The van der Waals surface area contributed by atoms with Crippen LogP contribution in [0.1, 0.15) is 59.3 Å². The molecule has 2 heteroatoms. The van der Waals surface area contributed by atoms with Crippen LogP contribution in [0.15, 0.2) is 0 Å². The van der Waals surface area contributed by atoms with Gasteiger partial charge in [-0.05, 0) is 33.1 Å². The van der Waals surface area contributed by atoms with Gasteiger partial charge in [-0.2, -0.15) is 0 Å². The lowest BCUT2D eigenvalue weighted by Crippen LogP contribution is -2.49. The van der Waals surface area contributed by atoms with Gasteiger partial charge in [-0.1, -0.05) is 26.2 Å². The molecular formula is C12H25NO. The Kier molecular flexibility index (Phi) is 3.96. The third-order valence-corrected chi connectivity index (χ3v) is 3.56. The summed E-state index contributed by atoms with van der Waals surface area (Å²) >= 11 is 0. The first kappa shape index (κ1) is 12.0. The number of hydrogen-bond acceptors (Lipinski definition) is 2. The molecule has 2 N–H and O–H groups in total. The van der Waals surface area contributed by atoms with E-state index in [0.29, 0.717) is 0 Å². The van der Waals surface area contributed by atoms with E-state index in [9.17, 15) is 5.11 Å². The smallest absolute Gasteiger partial charge is 0.0771 e. The highest BCUT2D eigenvalue weighted by atomic mass is 16.3. The fourth-order valence-electron chi connectivity index (χ4n) is 1.92. The molecule has 0 heterocycles. The van der Waals surface area contributed by atoms with Crippen LogP contribution in [0.25, 0.3) is 0 Å². The molecule has 0 atom stereocenters. The second-order valence-corrected chi connectivity index (χ2v) is 5.38. The van der Waals surface area contributed by atoms with Crippen molar-refractivity contribution in [1.82, 2.24) is 5.32 Å². The first-order valence-electron chi connectivity index (χ1n) is 5.95. The van der Waals surface area contributed by atoms with Crippen molar-refractivity contribution >= 4 is 0 Å². The first-order valence-corrected chi connectivity index (χ1v) is 5.95. The van der Waals surface area contributed by atoms with Crippen molar-refractivity contribution in [3.05, 3.63) is 0 Å². The first-order chi connectivity index (χ1) is 6.47. The molecule has 0 bridgehead atoms. The van der Waals surface area contributed by atoms with Gasteiger partial charge in [0.25, 0.3) is 0 Å². The standard InChI is InChI=1S/C12H25NO/c1-4-11(2,3)13-10-12(14)8-6-5-7-9-12/h13-14H,4-10H2,1-3H3. The van der Waals surface area contributed by atoms with Gasteiger partial charge >= 0.3 is 0 Å². The van der Waals surface area contributed by atoms with Gasteiger partial charge in [0.1, 0.15) is 0 Å². The van der Waals surface area contributed by atoms with E-state index < -0.39 is 5.60 Å². The van der Waals surface area contributed by atoms with E-state index in [2.05, 4.69) is 26.1 Å². The Morgan fingerprint density at radius 2 is 1.79 bits per heavy atom. The third-order valence-electron chi connectivity index (χ3n) is 3.56. The molecule has 1 fully saturated rings. The average Bonchev–Trinajstić information content (AvgIpc) is 2.17. The molecule has 0 radical (unpaired) electrons. The number of nitrogens with one attached hydrogen (secondary N) is 1. The van der Waals surface area contributed by atoms with Crippen LogP contribution >= 0.6 is 0 Å². The molecule has 1 aliphatic carbocycles. The quantitative estimate of drug-likeness (QED) is 0.729. The van der Waals surface area contributed by atoms with Gasteiger partial charge in [0.15, 0.2) is 0 Å². The summed E-state index contributed by atoms with van der Waals surface area (Å²) in [5.41, 5.74) is -0.266. The summed E-state index contributed by atoms with van der Waals surface area (Å²) in [7, 11) is 0.